The smallest absolute Gasteiger partial charge is 0.331 e. The van der Waals surface area contributed by atoms with Crippen molar-refractivity contribution in [3.63, 3.8) is 0 Å². The second-order valence-electron chi connectivity index (χ2n) is 7.68. The lowest BCUT2D eigenvalue weighted by Gasteiger charge is -2.22. The van der Waals surface area contributed by atoms with Crippen molar-refractivity contribution in [1.82, 2.24) is 25.0 Å². The minimum Gasteiger partial charge on any atom is -0.348 e. The van der Waals surface area contributed by atoms with E-state index in [4.69, 9.17) is 16.4 Å². The van der Waals surface area contributed by atoms with E-state index in [1.165, 1.54) is 15.8 Å². The Morgan fingerprint density at radius 2 is 1.91 bits per heavy atom. The molecule has 0 fully saturated rings. The van der Waals surface area contributed by atoms with E-state index < -0.39 is 11.2 Å². The molecule has 10 heteroatoms. The number of halogens is 1. The van der Waals surface area contributed by atoms with Crippen LogP contribution in [0.1, 0.15) is 22.8 Å². The van der Waals surface area contributed by atoms with Gasteiger partial charge in [-0.2, -0.15) is 5.17 Å². The summed E-state index contributed by atoms with van der Waals surface area (Å²) >= 11 is 5.93. The molecule has 0 unspecified atom stereocenters. The fourth-order valence-corrected chi connectivity index (χ4v) is 3.71. The van der Waals surface area contributed by atoms with Crippen LogP contribution in [0, 0.1) is 0 Å². The molecule has 1 aliphatic rings. The third-order valence-electron chi connectivity index (χ3n) is 5.39. The number of amides is 1. The van der Waals surface area contributed by atoms with Crippen LogP contribution < -0.4 is 22.0 Å². The highest BCUT2D eigenvalue weighted by atomic mass is 35.5. The molecule has 3 aromatic rings. The lowest BCUT2D eigenvalue weighted by Crippen LogP contribution is -2.39. The maximum atomic E-state index is 13.2. The van der Waals surface area contributed by atoms with Crippen molar-refractivity contribution < 1.29 is 9.63 Å². The van der Waals surface area contributed by atoms with Gasteiger partial charge in [-0.15, -0.1) is 0 Å². The number of hydrazine groups is 1. The molecule has 0 radical (unpaired) electrons. The molecule has 0 spiro atoms. The van der Waals surface area contributed by atoms with Gasteiger partial charge in [0.25, 0.3) is 11.5 Å². The number of carbonyl (C=O) groups excluding carboxylic acids is 1. The van der Waals surface area contributed by atoms with Gasteiger partial charge < -0.3 is 5.32 Å². The van der Waals surface area contributed by atoms with Crippen LogP contribution in [0.4, 0.5) is 0 Å². The van der Waals surface area contributed by atoms with E-state index in [9.17, 15) is 14.4 Å². The summed E-state index contributed by atoms with van der Waals surface area (Å²) in [5.41, 5.74) is 4.43. The van der Waals surface area contributed by atoms with Crippen molar-refractivity contribution in [2.75, 3.05) is 13.2 Å². The highest BCUT2D eigenvalue weighted by Crippen LogP contribution is 2.13. The lowest BCUT2D eigenvalue weighted by molar-refractivity contribution is -0.143. The Hall–Kier alpha value is -3.82. The van der Waals surface area contributed by atoms with Crippen molar-refractivity contribution >= 4 is 28.4 Å². The zero-order chi connectivity index (χ0) is 24.2. The average molecular weight is 482 g/mol. The third-order valence-corrected chi connectivity index (χ3v) is 5.64. The first-order valence-electron chi connectivity index (χ1n) is 10.7. The molecule has 2 aromatic carbocycles. The van der Waals surface area contributed by atoms with Gasteiger partial charge in [-0.05, 0) is 54.5 Å². The first-order chi connectivity index (χ1) is 16.4. The first-order valence-corrected chi connectivity index (χ1v) is 11.1. The highest BCUT2D eigenvalue weighted by molar-refractivity contribution is 6.30. The molecule has 0 saturated heterocycles. The molecule has 1 amide bonds. The maximum Gasteiger partial charge on any atom is 0.331 e. The second kappa shape index (κ2) is 9.98. The summed E-state index contributed by atoms with van der Waals surface area (Å²) < 4.78 is 2.56. The monoisotopic (exact) mass is 481 g/mol. The van der Waals surface area contributed by atoms with E-state index in [2.05, 4.69) is 10.7 Å². The second-order valence-corrected chi connectivity index (χ2v) is 8.12. The first kappa shape index (κ1) is 23.3. The lowest BCUT2D eigenvalue weighted by atomic mass is 10.1. The van der Waals surface area contributed by atoms with E-state index in [1.807, 2.05) is 13.0 Å². The molecule has 0 bridgehead atoms. The van der Waals surface area contributed by atoms with Gasteiger partial charge in [0.2, 0.25) is 0 Å². The Morgan fingerprint density at radius 1 is 1.15 bits per heavy atom. The molecule has 9 nitrogen and oxygen atoms in total. The Morgan fingerprint density at radius 3 is 2.59 bits per heavy atom. The number of nitrogens with one attached hydrogen (secondary N) is 2. The average Bonchev–Trinajstić information content (AvgIpc) is 2.85. The van der Waals surface area contributed by atoms with Crippen LogP contribution >= 0.6 is 11.6 Å². The van der Waals surface area contributed by atoms with E-state index in [0.717, 1.165) is 15.7 Å². The molecule has 0 atom stereocenters. The Bertz CT molecular complexity index is 1410. The number of aryl methyl sites for hydroxylation is 1. The predicted octanol–water partition coefficient (Wildman–Crippen LogP) is 2.30. The molecule has 4 rings (SSSR count). The number of carbonyl (C=O) groups is 1. The minimum atomic E-state index is -0.458. The van der Waals surface area contributed by atoms with Crippen LogP contribution in [0.15, 0.2) is 76.1 Å². The van der Waals surface area contributed by atoms with Crippen LogP contribution in [-0.4, -0.2) is 33.4 Å². The molecule has 2 heterocycles. The quantitative estimate of drug-likeness (QED) is 0.537. The number of nitrogens with zero attached hydrogens (tertiary/aromatic N) is 3. The summed E-state index contributed by atoms with van der Waals surface area (Å²) in [5, 5.41) is 5.16. The number of aromatic nitrogens is 2. The normalized spacial score (nSPS) is 13.0. The Balaban J connectivity index is 1.57. The van der Waals surface area contributed by atoms with Crippen LogP contribution in [0.3, 0.4) is 0 Å². The molecule has 176 valence electrons. The van der Waals surface area contributed by atoms with Gasteiger partial charge in [0.15, 0.2) is 0 Å². The Labute approximate surface area is 200 Å². The molecular formula is C24H24ClN5O4. The summed E-state index contributed by atoms with van der Waals surface area (Å²) in [6.07, 6.45) is 5.25. The zero-order valence-electron chi connectivity index (χ0n) is 18.7. The molecule has 1 aliphatic heterocycles. The zero-order valence-corrected chi connectivity index (χ0v) is 19.5. The number of hydrogen-bond acceptors (Lipinski definition) is 6. The predicted molar refractivity (Wildman–Crippen MR) is 130 cm³/mol. The molecular weight excluding hydrogens is 458 g/mol. The topological polar surface area (TPSA) is 97.6 Å². The Kier molecular flexibility index (Phi) is 6.85. The number of hydrogen-bond donors (Lipinski definition) is 2. The van der Waals surface area contributed by atoms with Crippen LogP contribution in [-0.2, 0) is 18.4 Å². The van der Waals surface area contributed by atoms with Crippen LogP contribution in [0.2, 0.25) is 5.02 Å². The van der Waals surface area contributed by atoms with Crippen molar-refractivity contribution in [1.29, 1.82) is 0 Å². The van der Waals surface area contributed by atoms with Gasteiger partial charge >= 0.3 is 5.69 Å². The number of rotatable bonds is 7. The van der Waals surface area contributed by atoms with Gasteiger partial charge in [0.05, 0.1) is 30.3 Å². The summed E-state index contributed by atoms with van der Waals surface area (Å²) in [6.45, 7) is 2.78. The highest BCUT2D eigenvalue weighted by Gasteiger charge is 2.15. The third kappa shape index (κ3) is 4.90. The number of hydroxylamine groups is 1. The fraction of sp³-hybridized carbons (Fsp3) is 0.208. The van der Waals surface area contributed by atoms with Gasteiger partial charge in [-0.1, -0.05) is 23.7 Å². The summed E-state index contributed by atoms with van der Waals surface area (Å²) in [7, 11) is 1.60. The SMILES string of the molecule is CCON1C=CC(CNC(=O)c2ccc3c(c2)c(=O)n(Cc2ccc(Cl)cc2)c(=O)n3C)=CN1. The molecule has 0 saturated carbocycles. The minimum absolute atomic E-state index is 0.0985. The molecule has 34 heavy (non-hydrogen) atoms. The van der Waals surface area contributed by atoms with E-state index >= 15 is 0 Å². The van der Waals surface area contributed by atoms with Gasteiger partial charge in [-0.3, -0.25) is 29.0 Å². The molecule has 2 N–H and O–H groups in total. The van der Waals surface area contributed by atoms with Crippen molar-refractivity contribution in [3.05, 3.63) is 104 Å². The van der Waals surface area contributed by atoms with E-state index in [-0.39, 0.29) is 24.4 Å². The molecule has 0 aliphatic carbocycles. The van der Waals surface area contributed by atoms with Crippen LogP contribution in [0.5, 0.6) is 0 Å². The largest absolute Gasteiger partial charge is 0.348 e. The van der Waals surface area contributed by atoms with E-state index in [0.29, 0.717) is 22.7 Å². The maximum absolute atomic E-state index is 13.2. The van der Waals surface area contributed by atoms with E-state index in [1.54, 1.807) is 55.8 Å². The van der Waals surface area contributed by atoms with Crippen LogP contribution in [0.25, 0.3) is 10.9 Å². The standard InChI is InChI=1S/C24H24ClN5O4/c1-3-34-30-11-10-17(14-27-30)13-26-22(31)18-6-9-21-20(12-18)23(32)29(24(33)28(21)2)15-16-4-7-19(25)8-5-16/h4-12,14,27H,3,13,15H2,1-2H3,(H,26,31). The summed E-state index contributed by atoms with van der Waals surface area (Å²) in [5.74, 6) is -0.332. The number of fused-ring (bicyclic) bond motifs is 1. The van der Waals surface area contributed by atoms with Gasteiger partial charge in [0.1, 0.15) is 0 Å². The van der Waals surface area contributed by atoms with Gasteiger partial charge in [-0.25, -0.2) is 4.79 Å². The summed E-state index contributed by atoms with van der Waals surface area (Å²) in [4.78, 5) is 44.1. The molecule has 1 aromatic heterocycles. The van der Waals surface area contributed by atoms with Crippen molar-refractivity contribution in [2.24, 2.45) is 7.05 Å². The van der Waals surface area contributed by atoms with Crippen molar-refractivity contribution in [2.45, 2.75) is 13.5 Å². The van der Waals surface area contributed by atoms with Gasteiger partial charge in [0, 0.05) is 30.4 Å². The summed E-state index contributed by atoms with van der Waals surface area (Å²) in [6, 6.07) is 11.7. The van der Waals surface area contributed by atoms with Crippen molar-refractivity contribution in [3.8, 4) is 0 Å². The number of benzene rings is 2. The fourth-order valence-electron chi connectivity index (χ4n) is 3.58.